The number of rotatable bonds is 7. The minimum atomic E-state index is -0.554. The number of nitrogens with one attached hydrogen (secondary N) is 1. The van der Waals surface area contributed by atoms with Crippen LogP contribution in [0.3, 0.4) is 0 Å². The fourth-order valence-electron chi connectivity index (χ4n) is 2.63. The van der Waals surface area contributed by atoms with Crippen molar-refractivity contribution >= 4 is 17.4 Å². The average molecular weight is 367 g/mol. The standard InChI is InChI=1S/C21H25N3O3/c1-4-15-10-12-16(13-11-15)22-21(27)20(14(3)25)24-23-18-9-7-6-8-17(18)19(26)5-2/h6-8,10-13,18,25H,4-5,9H2,1-3H3,(H,22,27). The number of carbonyl (C=O) groups excluding carboxylic acids is 2. The fraction of sp³-hybridized carbons (Fsp3) is 0.333. The lowest BCUT2D eigenvalue weighted by Gasteiger charge is -2.15. The highest BCUT2D eigenvalue weighted by molar-refractivity contribution is 6.03. The molecule has 6 heteroatoms. The van der Waals surface area contributed by atoms with E-state index < -0.39 is 11.9 Å². The molecule has 1 aromatic carbocycles. The summed E-state index contributed by atoms with van der Waals surface area (Å²) in [7, 11) is 0. The molecule has 0 aliphatic heterocycles. The van der Waals surface area contributed by atoms with Crippen LogP contribution in [0.4, 0.5) is 5.69 Å². The summed E-state index contributed by atoms with van der Waals surface area (Å²) in [5, 5.41) is 20.7. The van der Waals surface area contributed by atoms with Crippen molar-refractivity contribution in [2.24, 2.45) is 10.2 Å². The second-order valence-electron chi connectivity index (χ2n) is 6.23. The fourth-order valence-corrected chi connectivity index (χ4v) is 2.63. The van der Waals surface area contributed by atoms with Crippen molar-refractivity contribution in [3.63, 3.8) is 0 Å². The Morgan fingerprint density at radius 3 is 2.52 bits per heavy atom. The van der Waals surface area contributed by atoms with Crippen molar-refractivity contribution in [1.29, 1.82) is 0 Å². The zero-order valence-electron chi connectivity index (χ0n) is 15.9. The lowest BCUT2D eigenvalue weighted by molar-refractivity contribution is -0.115. The molecule has 0 saturated heterocycles. The van der Waals surface area contributed by atoms with Gasteiger partial charge in [-0.1, -0.05) is 44.2 Å². The van der Waals surface area contributed by atoms with Gasteiger partial charge in [0.2, 0.25) is 0 Å². The summed E-state index contributed by atoms with van der Waals surface area (Å²) >= 11 is 0. The van der Waals surface area contributed by atoms with Gasteiger partial charge < -0.3 is 10.4 Å². The Hall–Kier alpha value is -3.02. The highest BCUT2D eigenvalue weighted by atomic mass is 16.3. The predicted octanol–water partition coefficient (Wildman–Crippen LogP) is 4.66. The molecular weight excluding hydrogens is 342 g/mol. The van der Waals surface area contributed by atoms with Gasteiger partial charge in [0.05, 0.1) is 0 Å². The van der Waals surface area contributed by atoms with Gasteiger partial charge in [0, 0.05) is 17.7 Å². The van der Waals surface area contributed by atoms with E-state index in [0.29, 0.717) is 24.1 Å². The van der Waals surface area contributed by atoms with Crippen molar-refractivity contribution < 1.29 is 14.7 Å². The van der Waals surface area contributed by atoms with Gasteiger partial charge in [0.1, 0.15) is 11.8 Å². The van der Waals surface area contributed by atoms with Gasteiger partial charge in [-0.25, -0.2) is 0 Å². The number of allylic oxidation sites excluding steroid dienone is 3. The Bertz CT molecular complexity index is 814. The van der Waals surface area contributed by atoms with Crippen LogP contribution in [0.15, 0.2) is 69.8 Å². The Morgan fingerprint density at radius 1 is 1.22 bits per heavy atom. The molecule has 142 valence electrons. The normalized spacial score (nSPS) is 17.4. The highest BCUT2D eigenvalue weighted by Crippen LogP contribution is 2.21. The third-order valence-electron chi connectivity index (χ3n) is 4.25. The first kappa shape index (κ1) is 20.3. The number of hydrogen-bond donors (Lipinski definition) is 2. The van der Waals surface area contributed by atoms with E-state index in [-0.39, 0.29) is 17.2 Å². The largest absolute Gasteiger partial charge is 0.510 e. The van der Waals surface area contributed by atoms with Crippen LogP contribution in [0.2, 0.25) is 0 Å². The van der Waals surface area contributed by atoms with Crippen molar-refractivity contribution in [2.75, 3.05) is 5.32 Å². The number of benzene rings is 1. The van der Waals surface area contributed by atoms with E-state index in [1.807, 2.05) is 24.3 Å². The summed E-state index contributed by atoms with van der Waals surface area (Å²) in [5.74, 6) is -0.795. The van der Waals surface area contributed by atoms with Crippen LogP contribution in [0.1, 0.15) is 39.2 Å². The van der Waals surface area contributed by atoms with E-state index in [1.165, 1.54) is 6.92 Å². The Labute approximate surface area is 159 Å². The number of carbonyl (C=O) groups is 2. The summed E-state index contributed by atoms with van der Waals surface area (Å²) in [6, 6.07) is 6.99. The van der Waals surface area contributed by atoms with E-state index in [4.69, 9.17) is 0 Å². The molecule has 0 fully saturated rings. The minimum absolute atomic E-state index is 0.00462. The lowest BCUT2D eigenvalue weighted by Crippen LogP contribution is -2.18. The van der Waals surface area contributed by atoms with Crippen molar-refractivity contribution in [2.45, 2.75) is 46.1 Å². The summed E-state index contributed by atoms with van der Waals surface area (Å²) < 4.78 is 0. The highest BCUT2D eigenvalue weighted by Gasteiger charge is 2.21. The number of anilines is 1. The Kier molecular flexibility index (Phi) is 7.23. The van der Waals surface area contributed by atoms with E-state index >= 15 is 0 Å². The maximum Gasteiger partial charge on any atom is 0.279 e. The predicted molar refractivity (Wildman–Crippen MR) is 106 cm³/mol. The van der Waals surface area contributed by atoms with Crippen molar-refractivity contribution in [3.8, 4) is 0 Å². The maximum atomic E-state index is 12.5. The van der Waals surface area contributed by atoms with Crippen LogP contribution in [0.25, 0.3) is 0 Å². The molecule has 0 saturated carbocycles. The molecule has 1 atom stereocenters. The Morgan fingerprint density at radius 2 is 1.93 bits per heavy atom. The summed E-state index contributed by atoms with van der Waals surface area (Å²) in [6.07, 6.45) is 7.24. The molecule has 0 heterocycles. The number of aliphatic hydroxyl groups is 1. The Balaban J connectivity index is 2.15. The lowest BCUT2D eigenvalue weighted by atomic mass is 9.95. The molecule has 1 unspecified atom stereocenters. The van der Waals surface area contributed by atoms with Gasteiger partial charge in [-0.05, 0) is 37.5 Å². The van der Waals surface area contributed by atoms with Crippen LogP contribution < -0.4 is 5.32 Å². The first-order valence-electron chi connectivity index (χ1n) is 9.07. The van der Waals surface area contributed by atoms with E-state index in [9.17, 15) is 14.7 Å². The molecule has 6 nitrogen and oxygen atoms in total. The number of Topliss-reactive ketones (excluding diaryl/α,β-unsaturated/α-hetero) is 1. The number of aryl methyl sites for hydroxylation is 1. The van der Waals surface area contributed by atoms with Crippen LogP contribution in [0.5, 0.6) is 0 Å². The quantitative estimate of drug-likeness (QED) is 0.417. The average Bonchev–Trinajstić information content (AvgIpc) is 2.68. The second kappa shape index (κ2) is 9.62. The maximum absolute atomic E-state index is 12.5. The molecule has 0 aromatic heterocycles. The third-order valence-corrected chi connectivity index (χ3v) is 4.25. The van der Waals surface area contributed by atoms with Gasteiger partial charge in [0.25, 0.3) is 5.91 Å². The molecule has 2 N–H and O–H groups in total. The topological polar surface area (TPSA) is 91.1 Å². The van der Waals surface area contributed by atoms with E-state index in [0.717, 1.165) is 12.0 Å². The molecule has 1 amide bonds. The number of azo groups is 1. The van der Waals surface area contributed by atoms with E-state index in [2.05, 4.69) is 22.5 Å². The van der Waals surface area contributed by atoms with Gasteiger partial charge in [0.15, 0.2) is 11.5 Å². The van der Waals surface area contributed by atoms with E-state index in [1.54, 1.807) is 25.1 Å². The molecule has 1 aliphatic rings. The SMILES string of the molecule is CCC(=O)C1=CC=CCC1N=NC(C(=O)Nc1ccc(CC)cc1)=C(C)O. The molecule has 0 bridgehead atoms. The van der Waals surface area contributed by atoms with Crippen LogP contribution in [-0.4, -0.2) is 22.8 Å². The van der Waals surface area contributed by atoms with Crippen molar-refractivity contribution in [3.05, 3.63) is 65.1 Å². The summed E-state index contributed by atoms with van der Waals surface area (Å²) in [6.45, 7) is 5.22. The van der Waals surface area contributed by atoms with Gasteiger partial charge in [-0.3, -0.25) is 9.59 Å². The van der Waals surface area contributed by atoms with Gasteiger partial charge in [-0.2, -0.15) is 5.11 Å². The number of amides is 1. The number of nitrogens with zero attached hydrogens (tertiary/aromatic N) is 2. The smallest absolute Gasteiger partial charge is 0.279 e. The first-order chi connectivity index (χ1) is 13.0. The zero-order valence-corrected chi connectivity index (χ0v) is 15.9. The zero-order chi connectivity index (χ0) is 19.8. The third kappa shape index (κ3) is 5.48. The molecule has 0 radical (unpaired) electrons. The number of ketones is 1. The molecule has 0 spiro atoms. The monoisotopic (exact) mass is 367 g/mol. The van der Waals surface area contributed by atoms with Crippen LogP contribution in [-0.2, 0) is 16.0 Å². The minimum Gasteiger partial charge on any atom is -0.510 e. The number of aliphatic hydroxyl groups excluding tert-OH is 1. The molecule has 1 aromatic rings. The molecule has 27 heavy (non-hydrogen) atoms. The van der Waals surface area contributed by atoms with Crippen LogP contribution >= 0.6 is 0 Å². The summed E-state index contributed by atoms with van der Waals surface area (Å²) in [5.41, 5.74) is 2.15. The van der Waals surface area contributed by atoms with Gasteiger partial charge >= 0.3 is 0 Å². The van der Waals surface area contributed by atoms with Gasteiger partial charge in [-0.15, -0.1) is 5.11 Å². The number of hydrogen-bond acceptors (Lipinski definition) is 5. The molecule has 2 rings (SSSR count). The second-order valence-corrected chi connectivity index (χ2v) is 6.23. The first-order valence-corrected chi connectivity index (χ1v) is 9.07. The van der Waals surface area contributed by atoms with Crippen molar-refractivity contribution in [1.82, 2.24) is 0 Å². The molecule has 1 aliphatic carbocycles. The summed E-state index contributed by atoms with van der Waals surface area (Å²) in [4.78, 5) is 24.5. The molecular formula is C21H25N3O3. The van der Waals surface area contributed by atoms with Crippen LogP contribution in [0, 0.1) is 0 Å².